The van der Waals surface area contributed by atoms with Gasteiger partial charge >= 0.3 is 0 Å². The number of nitriles is 1. The van der Waals surface area contributed by atoms with E-state index in [0.29, 0.717) is 30.8 Å². The van der Waals surface area contributed by atoms with Gasteiger partial charge in [0.1, 0.15) is 0 Å². The standard InChI is InChI=1S/C13H17N3O2S.ClH/c1-10-7-13(4-3-12(10)8-14)19(17,18)16-6-5-15-9-11(16)2;/h3-4,7,11,15H,5-6,9H2,1-2H3;1H/t11-;/m0./s1. The van der Waals surface area contributed by atoms with E-state index in [0.717, 1.165) is 0 Å². The van der Waals surface area contributed by atoms with Crippen LogP contribution < -0.4 is 5.32 Å². The lowest BCUT2D eigenvalue weighted by Crippen LogP contribution is -2.52. The summed E-state index contributed by atoms with van der Waals surface area (Å²) in [5, 5.41) is 12.1. The first-order valence-corrected chi connectivity index (χ1v) is 7.64. The fraction of sp³-hybridized carbons (Fsp3) is 0.462. The summed E-state index contributed by atoms with van der Waals surface area (Å²) in [7, 11) is -3.47. The van der Waals surface area contributed by atoms with Crippen LogP contribution in [0.4, 0.5) is 0 Å². The van der Waals surface area contributed by atoms with Crippen LogP contribution in [0.5, 0.6) is 0 Å². The van der Waals surface area contributed by atoms with E-state index in [-0.39, 0.29) is 23.3 Å². The zero-order valence-electron chi connectivity index (χ0n) is 11.5. The molecule has 110 valence electrons. The van der Waals surface area contributed by atoms with Crippen molar-refractivity contribution < 1.29 is 8.42 Å². The van der Waals surface area contributed by atoms with Crippen LogP contribution in [0.2, 0.25) is 0 Å². The van der Waals surface area contributed by atoms with E-state index >= 15 is 0 Å². The second kappa shape index (κ2) is 6.55. The maximum absolute atomic E-state index is 12.6. The van der Waals surface area contributed by atoms with Crippen molar-refractivity contribution in [3.8, 4) is 6.07 Å². The van der Waals surface area contributed by atoms with Crippen molar-refractivity contribution in [3.63, 3.8) is 0 Å². The molecular weight excluding hydrogens is 298 g/mol. The normalized spacial score (nSPS) is 19.9. The number of nitrogens with one attached hydrogen (secondary N) is 1. The number of piperazine rings is 1. The third-order valence-electron chi connectivity index (χ3n) is 3.37. The molecule has 0 saturated carbocycles. The molecule has 5 nitrogen and oxygen atoms in total. The van der Waals surface area contributed by atoms with E-state index in [1.807, 2.05) is 13.0 Å². The Morgan fingerprint density at radius 2 is 2.15 bits per heavy atom. The molecule has 1 fully saturated rings. The predicted molar refractivity (Wildman–Crippen MR) is 79.4 cm³/mol. The molecule has 0 spiro atoms. The molecule has 0 aromatic heterocycles. The van der Waals surface area contributed by atoms with Crippen LogP contribution in [0.25, 0.3) is 0 Å². The Labute approximate surface area is 126 Å². The van der Waals surface area contributed by atoms with Crippen molar-refractivity contribution in [1.29, 1.82) is 5.26 Å². The summed E-state index contributed by atoms with van der Waals surface area (Å²) in [4.78, 5) is 0.262. The maximum atomic E-state index is 12.6. The Morgan fingerprint density at radius 3 is 2.70 bits per heavy atom. The average Bonchev–Trinajstić information content (AvgIpc) is 2.39. The summed E-state index contributed by atoms with van der Waals surface area (Å²) >= 11 is 0. The number of rotatable bonds is 2. The van der Waals surface area contributed by atoms with Crippen LogP contribution in [0, 0.1) is 18.3 Å². The zero-order valence-corrected chi connectivity index (χ0v) is 13.1. The first kappa shape index (κ1) is 16.9. The van der Waals surface area contributed by atoms with E-state index in [1.54, 1.807) is 19.1 Å². The molecular formula is C13H18ClN3O2S. The van der Waals surface area contributed by atoms with Crippen LogP contribution in [-0.4, -0.2) is 38.4 Å². The molecule has 1 aliphatic rings. The summed E-state index contributed by atoms with van der Waals surface area (Å²) in [5.74, 6) is 0. The summed E-state index contributed by atoms with van der Waals surface area (Å²) < 4.78 is 26.6. The molecule has 0 radical (unpaired) electrons. The maximum Gasteiger partial charge on any atom is 0.243 e. The number of hydrogen-bond acceptors (Lipinski definition) is 4. The molecule has 1 heterocycles. The van der Waals surface area contributed by atoms with Crippen molar-refractivity contribution in [2.24, 2.45) is 0 Å². The van der Waals surface area contributed by atoms with Crippen LogP contribution in [0.3, 0.4) is 0 Å². The number of benzene rings is 1. The van der Waals surface area contributed by atoms with Gasteiger partial charge in [-0.1, -0.05) is 0 Å². The van der Waals surface area contributed by atoms with Crippen molar-refractivity contribution in [2.45, 2.75) is 24.8 Å². The highest BCUT2D eigenvalue weighted by molar-refractivity contribution is 7.89. The van der Waals surface area contributed by atoms with Crippen LogP contribution in [0.1, 0.15) is 18.1 Å². The molecule has 7 heteroatoms. The average molecular weight is 316 g/mol. The lowest BCUT2D eigenvalue weighted by atomic mass is 10.1. The monoisotopic (exact) mass is 315 g/mol. The molecule has 1 saturated heterocycles. The van der Waals surface area contributed by atoms with E-state index in [1.165, 1.54) is 10.4 Å². The van der Waals surface area contributed by atoms with Gasteiger partial charge in [0.25, 0.3) is 0 Å². The lowest BCUT2D eigenvalue weighted by Gasteiger charge is -2.32. The first-order chi connectivity index (χ1) is 8.96. The molecule has 1 aromatic carbocycles. The van der Waals surface area contributed by atoms with Gasteiger partial charge < -0.3 is 5.32 Å². The van der Waals surface area contributed by atoms with Gasteiger partial charge in [-0.25, -0.2) is 8.42 Å². The number of halogens is 1. The minimum absolute atomic E-state index is 0. The third-order valence-corrected chi connectivity index (χ3v) is 5.37. The highest BCUT2D eigenvalue weighted by atomic mass is 35.5. The lowest BCUT2D eigenvalue weighted by molar-refractivity contribution is 0.284. The van der Waals surface area contributed by atoms with E-state index in [4.69, 9.17) is 5.26 Å². The summed E-state index contributed by atoms with van der Waals surface area (Å²) in [6.45, 7) is 5.44. The number of nitrogens with zero attached hydrogens (tertiary/aromatic N) is 2. The fourth-order valence-corrected chi connectivity index (χ4v) is 3.95. The van der Waals surface area contributed by atoms with Gasteiger partial charge in [0.2, 0.25) is 10.0 Å². The largest absolute Gasteiger partial charge is 0.314 e. The highest BCUT2D eigenvalue weighted by Crippen LogP contribution is 2.21. The molecule has 1 aromatic rings. The third kappa shape index (κ3) is 3.13. The van der Waals surface area contributed by atoms with Gasteiger partial charge in [-0.05, 0) is 37.6 Å². The van der Waals surface area contributed by atoms with Crippen LogP contribution in [-0.2, 0) is 10.0 Å². The summed E-state index contributed by atoms with van der Waals surface area (Å²) in [6.07, 6.45) is 0. The molecule has 0 unspecified atom stereocenters. The molecule has 0 amide bonds. The van der Waals surface area contributed by atoms with Gasteiger partial charge in [0.15, 0.2) is 0 Å². The molecule has 20 heavy (non-hydrogen) atoms. The minimum Gasteiger partial charge on any atom is -0.314 e. The van der Waals surface area contributed by atoms with Crippen LogP contribution in [0.15, 0.2) is 23.1 Å². The second-order valence-electron chi connectivity index (χ2n) is 4.76. The fourth-order valence-electron chi connectivity index (χ4n) is 2.24. The number of sulfonamides is 1. The SMILES string of the molecule is Cc1cc(S(=O)(=O)N2CCNC[C@@H]2C)ccc1C#N.Cl. The van der Waals surface area contributed by atoms with E-state index < -0.39 is 10.0 Å². The molecule has 2 rings (SSSR count). The molecule has 0 aliphatic carbocycles. The Morgan fingerprint density at radius 1 is 1.45 bits per heavy atom. The smallest absolute Gasteiger partial charge is 0.243 e. The number of aryl methyl sites for hydroxylation is 1. The van der Waals surface area contributed by atoms with E-state index in [9.17, 15) is 8.42 Å². The highest BCUT2D eigenvalue weighted by Gasteiger charge is 2.30. The number of hydrogen-bond donors (Lipinski definition) is 1. The quantitative estimate of drug-likeness (QED) is 0.892. The van der Waals surface area contributed by atoms with Crippen molar-refractivity contribution in [1.82, 2.24) is 9.62 Å². The van der Waals surface area contributed by atoms with E-state index in [2.05, 4.69) is 5.32 Å². The second-order valence-corrected chi connectivity index (χ2v) is 6.65. The molecule has 1 aliphatic heterocycles. The van der Waals surface area contributed by atoms with Gasteiger partial charge in [0.05, 0.1) is 16.5 Å². The molecule has 1 atom stereocenters. The van der Waals surface area contributed by atoms with Gasteiger partial charge in [-0.15, -0.1) is 12.4 Å². The molecule has 1 N–H and O–H groups in total. The topological polar surface area (TPSA) is 73.2 Å². The Hall–Kier alpha value is -1.13. The van der Waals surface area contributed by atoms with Gasteiger partial charge in [-0.3, -0.25) is 0 Å². The van der Waals surface area contributed by atoms with Crippen LogP contribution >= 0.6 is 12.4 Å². The zero-order chi connectivity index (χ0) is 14.0. The van der Waals surface area contributed by atoms with Gasteiger partial charge in [-0.2, -0.15) is 9.57 Å². The minimum atomic E-state index is -3.47. The Balaban J connectivity index is 0.00000200. The van der Waals surface area contributed by atoms with Gasteiger partial charge in [0, 0.05) is 25.7 Å². The Kier molecular flexibility index (Phi) is 5.54. The van der Waals surface area contributed by atoms with Crippen molar-refractivity contribution in [2.75, 3.05) is 19.6 Å². The molecule has 0 bridgehead atoms. The summed E-state index contributed by atoms with van der Waals surface area (Å²) in [5.41, 5.74) is 1.19. The van der Waals surface area contributed by atoms with Crippen molar-refractivity contribution in [3.05, 3.63) is 29.3 Å². The predicted octanol–water partition coefficient (Wildman–Crippen LogP) is 1.27. The van der Waals surface area contributed by atoms with Crippen molar-refractivity contribution >= 4 is 22.4 Å². The Bertz CT molecular complexity index is 625. The first-order valence-electron chi connectivity index (χ1n) is 6.20. The summed E-state index contributed by atoms with van der Waals surface area (Å²) in [6, 6.07) is 6.63.